The van der Waals surface area contributed by atoms with E-state index in [9.17, 15) is 9.59 Å². The normalized spacial score (nSPS) is 14.1. The largest absolute Gasteiger partial charge is 0.355 e. The number of hydrogen-bond donors (Lipinski definition) is 2. The van der Waals surface area contributed by atoms with Gasteiger partial charge in [0.1, 0.15) is 11.0 Å². The number of unbranched alkanes of at least 4 members (excludes halogenated alkanes) is 1. The topological polar surface area (TPSA) is 90.5 Å². The minimum atomic E-state index is -0.0321. The van der Waals surface area contributed by atoms with Crippen LogP contribution < -0.4 is 15.5 Å². The number of nitrogens with zero attached hydrogens (tertiary/aromatic N) is 4. The van der Waals surface area contributed by atoms with E-state index >= 15 is 0 Å². The zero-order valence-corrected chi connectivity index (χ0v) is 18.1. The Bertz CT molecular complexity index is 655. The van der Waals surface area contributed by atoms with Crippen molar-refractivity contribution < 1.29 is 9.59 Å². The van der Waals surface area contributed by atoms with E-state index in [2.05, 4.69) is 32.4 Å². The molecule has 0 saturated carbocycles. The van der Waals surface area contributed by atoms with Crippen LogP contribution >= 0.6 is 23.4 Å². The van der Waals surface area contributed by atoms with Gasteiger partial charge in [-0.25, -0.2) is 14.8 Å². The number of piperazine rings is 1. The van der Waals surface area contributed by atoms with Crippen molar-refractivity contribution in [2.24, 2.45) is 0 Å². The van der Waals surface area contributed by atoms with Crippen LogP contribution in [0.1, 0.15) is 33.1 Å². The number of halogens is 1. The van der Waals surface area contributed by atoms with E-state index in [1.807, 2.05) is 11.8 Å². The van der Waals surface area contributed by atoms with Crippen molar-refractivity contribution in [3.8, 4) is 0 Å². The average Bonchev–Trinajstić information content (AvgIpc) is 2.70. The molecule has 2 rings (SSSR count). The number of anilines is 1. The Kier molecular flexibility index (Phi) is 9.63. The van der Waals surface area contributed by atoms with E-state index in [1.54, 1.807) is 6.07 Å². The Morgan fingerprint density at radius 1 is 1.11 bits per heavy atom. The van der Waals surface area contributed by atoms with Crippen LogP contribution in [0.2, 0.25) is 5.15 Å². The lowest BCUT2D eigenvalue weighted by Gasteiger charge is -2.35. The summed E-state index contributed by atoms with van der Waals surface area (Å²) in [4.78, 5) is 36.6. The first-order valence-corrected chi connectivity index (χ1v) is 11.1. The molecule has 1 aliphatic heterocycles. The molecule has 2 N–H and O–H groups in total. The van der Waals surface area contributed by atoms with Crippen LogP contribution in [0.4, 0.5) is 10.6 Å². The zero-order valence-electron chi connectivity index (χ0n) is 16.5. The molecule has 1 fully saturated rings. The van der Waals surface area contributed by atoms with Gasteiger partial charge in [-0.1, -0.05) is 43.6 Å². The lowest BCUT2D eigenvalue weighted by molar-refractivity contribution is -0.118. The second-order valence-electron chi connectivity index (χ2n) is 6.53. The van der Waals surface area contributed by atoms with E-state index < -0.39 is 0 Å². The van der Waals surface area contributed by atoms with Gasteiger partial charge in [-0.05, 0) is 12.8 Å². The van der Waals surface area contributed by atoms with Gasteiger partial charge in [0, 0.05) is 45.3 Å². The van der Waals surface area contributed by atoms with Gasteiger partial charge in [0.05, 0.1) is 5.75 Å². The number of urea groups is 1. The summed E-state index contributed by atoms with van der Waals surface area (Å²) in [7, 11) is 0. The van der Waals surface area contributed by atoms with Crippen molar-refractivity contribution in [2.75, 3.05) is 49.9 Å². The highest BCUT2D eigenvalue weighted by molar-refractivity contribution is 7.99. The third-order valence-electron chi connectivity index (χ3n) is 4.26. The van der Waals surface area contributed by atoms with Gasteiger partial charge in [0.25, 0.3) is 0 Å². The molecule has 0 unspecified atom stereocenters. The van der Waals surface area contributed by atoms with Gasteiger partial charge in [0.2, 0.25) is 5.91 Å². The maximum absolute atomic E-state index is 12.1. The highest BCUT2D eigenvalue weighted by atomic mass is 35.5. The third-order valence-corrected chi connectivity index (χ3v) is 5.30. The predicted octanol–water partition coefficient (Wildman–Crippen LogP) is 2.38. The van der Waals surface area contributed by atoms with E-state index in [-0.39, 0.29) is 17.7 Å². The number of thioether (sulfide) groups is 1. The summed E-state index contributed by atoms with van der Waals surface area (Å²) >= 11 is 7.43. The molecule has 28 heavy (non-hydrogen) atoms. The van der Waals surface area contributed by atoms with E-state index in [1.165, 1.54) is 11.8 Å². The van der Waals surface area contributed by atoms with Gasteiger partial charge < -0.3 is 20.4 Å². The van der Waals surface area contributed by atoms with E-state index in [4.69, 9.17) is 11.6 Å². The summed E-state index contributed by atoms with van der Waals surface area (Å²) in [5, 5.41) is 6.61. The number of aromatic nitrogens is 2. The van der Waals surface area contributed by atoms with Crippen LogP contribution in [-0.2, 0) is 4.79 Å². The Labute approximate surface area is 175 Å². The lowest BCUT2D eigenvalue weighted by atomic mass is 10.3. The van der Waals surface area contributed by atoms with Crippen LogP contribution in [0, 0.1) is 0 Å². The minimum absolute atomic E-state index is 0.0208. The van der Waals surface area contributed by atoms with Gasteiger partial charge >= 0.3 is 6.03 Å². The first-order chi connectivity index (χ1) is 13.5. The quantitative estimate of drug-likeness (QED) is 0.271. The van der Waals surface area contributed by atoms with Crippen LogP contribution in [0.5, 0.6) is 0 Å². The van der Waals surface area contributed by atoms with Crippen molar-refractivity contribution >= 4 is 41.1 Å². The van der Waals surface area contributed by atoms with Crippen molar-refractivity contribution in [1.29, 1.82) is 0 Å². The molecule has 0 bridgehead atoms. The molecule has 0 spiro atoms. The molecule has 3 amide bonds. The number of carbonyl (C=O) groups is 2. The first kappa shape index (κ1) is 22.5. The molecule has 8 nitrogen and oxygen atoms in total. The maximum Gasteiger partial charge on any atom is 0.317 e. The highest BCUT2D eigenvalue weighted by Crippen LogP contribution is 2.22. The smallest absolute Gasteiger partial charge is 0.317 e. The molecule has 0 aliphatic carbocycles. The maximum atomic E-state index is 12.1. The third kappa shape index (κ3) is 7.35. The summed E-state index contributed by atoms with van der Waals surface area (Å²) < 4.78 is 0. The minimum Gasteiger partial charge on any atom is -0.355 e. The molecule has 0 radical (unpaired) electrons. The second kappa shape index (κ2) is 12.0. The van der Waals surface area contributed by atoms with Crippen molar-refractivity contribution in [2.45, 2.75) is 38.3 Å². The van der Waals surface area contributed by atoms with Gasteiger partial charge in [-0.15, -0.1) is 0 Å². The summed E-state index contributed by atoms with van der Waals surface area (Å²) in [6, 6.07) is 1.70. The summed E-state index contributed by atoms with van der Waals surface area (Å²) in [6.07, 6.45) is 2.93. The van der Waals surface area contributed by atoms with Crippen LogP contribution in [0.25, 0.3) is 0 Å². The fourth-order valence-electron chi connectivity index (χ4n) is 2.68. The SMILES string of the molecule is CCCCNC(=O)CSc1nc(Cl)cc(N2CCN(C(=O)NCCC)CC2)n1. The fourth-order valence-corrected chi connectivity index (χ4v) is 3.59. The van der Waals surface area contributed by atoms with Crippen molar-refractivity contribution in [1.82, 2.24) is 25.5 Å². The molecule has 2 heterocycles. The standard InChI is InChI=1S/C18H29ClN6O2S/c1-3-5-7-20-16(26)13-28-17-22-14(19)12-15(23-17)24-8-10-25(11-9-24)18(27)21-6-4-2/h12H,3-11,13H2,1-2H3,(H,20,26)(H,21,27). The Morgan fingerprint density at radius 2 is 1.86 bits per heavy atom. The highest BCUT2D eigenvalue weighted by Gasteiger charge is 2.22. The van der Waals surface area contributed by atoms with Crippen molar-refractivity contribution in [3.05, 3.63) is 11.2 Å². The molecular formula is C18H29ClN6O2S. The predicted molar refractivity (Wildman–Crippen MR) is 113 cm³/mol. The average molecular weight is 429 g/mol. The van der Waals surface area contributed by atoms with E-state index in [0.29, 0.717) is 49.6 Å². The number of rotatable bonds is 9. The van der Waals surface area contributed by atoms with Crippen LogP contribution in [-0.4, -0.2) is 71.8 Å². The van der Waals surface area contributed by atoms with Gasteiger partial charge in [-0.3, -0.25) is 4.79 Å². The number of amides is 3. The van der Waals surface area contributed by atoms with Gasteiger partial charge in [-0.2, -0.15) is 0 Å². The summed E-state index contributed by atoms with van der Waals surface area (Å²) in [5.74, 6) is 0.951. The molecule has 10 heteroatoms. The Morgan fingerprint density at radius 3 is 2.54 bits per heavy atom. The Hall–Kier alpha value is -1.74. The molecule has 0 atom stereocenters. The summed E-state index contributed by atoms with van der Waals surface area (Å²) in [5.41, 5.74) is 0. The van der Waals surface area contributed by atoms with Crippen molar-refractivity contribution in [3.63, 3.8) is 0 Å². The van der Waals surface area contributed by atoms with Crippen LogP contribution in [0.15, 0.2) is 11.2 Å². The monoisotopic (exact) mass is 428 g/mol. The zero-order chi connectivity index (χ0) is 20.4. The Balaban J connectivity index is 1.87. The number of hydrogen-bond acceptors (Lipinski definition) is 6. The molecule has 0 aromatic carbocycles. The molecule has 1 saturated heterocycles. The molecular weight excluding hydrogens is 400 g/mol. The molecule has 156 valence electrons. The number of carbonyl (C=O) groups excluding carboxylic acids is 2. The molecule has 1 aliphatic rings. The van der Waals surface area contributed by atoms with E-state index in [0.717, 1.165) is 25.1 Å². The first-order valence-electron chi connectivity index (χ1n) is 9.75. The second-order valence-corrected chi connectivity index (χ2v) is 7.86. The van der Waals surface area contributed by atoms with Crippen LogP contribution in [0.3, 0.4) is 0 Å². The molecule has 1 aromatic rings. The summed E-state index contributed by atoms with van der Waals surface area (Å²) in [6.45, 7) is 8.09. The lowest BCUT2D eigenvalue weighted by Crippen LogP contribution is -2.52. The van der Waals surface area contributed by atoms with Gasteiger partial charge in [0.15, 0.2) is 5.16 Å². The fraction of sp³-hybridized carbons (Fsp3) is 0.667. The molecule has 1 aromatic heterocycles. The number of nitrogens with one attached hydrogen (secondary N) is 2.